The standard InChI is InChI=1S/C19H30N2O4/c1-12(2)25-15-9-8-14(10-16(15)24-7)13(3)21-17(22)11-20-18(23)19(4,5)6/h8-10,12-13H,11H2,1-7H3,(H,20,23)(H,21,22). The van der Waals surface area contributed by atoms with Gasteiger partial charge in [0, 0.05) is 5.41 Å². The van der Waals surface area contributed by atoms with Gasteiger partial charge in [-0.05, 0) is 38.5 Å². The second kappa shape index (κ2) is 8.74. The van der Waals surface area contributed by atoms with Crippen LogP contribution in [-0.2, 0) is 9.59 Å². The molecule has 1 aromatic rings. The zero-order valence-electron chi connectivity index (χ0n) is 16.2. The quantitative estimate of drug-likeness (QED) is 0.793. The highest BCUT2D eigenvalue weighted by Gasteiger charge is 2.22. The Kier molecular flexibility index (Phi) is 7.27. The van der Waals surface area contributed by atoms with Crippen molar-refractivity contribution in [3.8, 4) is 11.5 Å². The maximum absolute atomic E-state index is 12.0. The molecule has 0 aliphatic heterocycles. The molecule has 6 heteroatoms. The first-order valence-corrected chi connectivity index (χ1v) is 8.46. The van der Waals surface area contributed by atoms with E-state index in [0.717, 1.165) is 5.56 Å². The zero-order valence-corrected chi connectivity index (χ0v) is 16.2. The predicted octanol–water partition coefficient (Wildman–Crippen LogP) is 2.82. The second-order valence-electron chi connectivity index (χ2n) is 7.30. The lowest BCUT2D eigenvalue weighted by molar-refractivity contribution is -0.131. The first-order chi connectivity index (χ1) is 11.5. The molecule has 0 saturated carbocycles. The molecule has 0 saturated heterocycles. The number of rotatable bonds is 7. The highest BCUT2D eigenvalue weighted by Crippen LogP contribution is 2.31. The summed E-state index contributed by atoms with van der Waals surface area (Å²) in [5.74, 6) is 0.879. The van der Waals surface area contributed by atoms with Gasteiger partial charge in [-0.3, -0.25) is 9.59 Å². The lowest BCUT2D eigenvalue weighted by Gasteiger charge is -2.20. The molecule has 0 aliphatic rings. The van der Waals surface area contributed by atoms with Crippen LogP contribution in [0.5, 0.6) is 11.5 Å². The van der Waals surface area contributed by atoms with E-state index in [9.17, 15) is 9.59 Å². The van der Waals surface area contributed by atoms with Gasteiger partial charge in [0.05, 0.1) is 25.8 Å². The van der Waals surface area contributed by atoms with Crippen molar-refractivity contribution < 1.29 is 19.1 Å². The Labute approximate surface area is 150 Å². The monoisotopic (exact) mass is 350 g/mol. The third-order valence-corrected chi connectivity index (χ3v) is 3.52. The molecule has 1 unspecified atom stereocenters. The molecule has 0 bridgehead atoms. The van der Waals surface area contributed by atoms with E-state index in [-0.39, 0.29) is 30.5 Å². The molecule has 0 spiro atoms. The summed E-state index contributed by atoms with van der Waals surface area (Å²) >= 11 is 0. The van der Waals surface area contributed by atoms with Gasteiger partial charge >= 0.3 is 0 Å². The number of carbonyl (C=O) groups excluding carboxylic acids is 2. The Hall–Kier alpha value is -2.24. The van der Waals surface area contributed by atoms with Crippen molar-refractivity contribution in [2.75, 3.05) is 13.7 Å². The normalized spacial score (nSPS) is 12.5. The highest BCUT2D eigenvalue weighted by molar-refractivity contribution is 5.87. The van der Waals surface area contributed by atoms with Crippen LogP contribution in [0.4, 0.5) is 0 Å². The number of hydrogen-bond acceptors (Lipinski definition) is 4. The number of amides is 2. The summed E-state index contributed by atoms with van der Waals surface area (Å²) in [4.78, 5) is 23.9. The smallest absolute Gasteiger partial charge is 0.239 e. The molecular formula is C19H30N2O4. The lowest BCUT2D eigenvalue weighted by atomic mass is 9.96. The Morgan fingerprint density at radius 1 is 1.12 bits per heavy atom. The van der Waals surface area contributed by atoms with Crippen LogP contribution >= 0.6 is 0 Å². The van der Waals surface area contributed by atoms with E-state index in [1.54, 1.807) is 27.9 Å². The molecule has 2 amide bonds. The van der Waals surface area contributed by atoms with Gasteiger partial charge < -0.3 is 20.1 Å². The van der Waals surface area contributed by atoms with Gasteiger partial charge in [0.25, 0.3) is 0 Å². The first-order valence-electron chi connectivity index (χ1n) is 8.46. The zero-order chi connectivity index (χ0) is 19.2. The summed E-state index contributed by atoms with van der Waals surface area (Å²) in [5, 5.41) is 5.50. The van der Waals surface area contributed by atoms with Crippen molar-refractivity contribution in [3.63, 3.8) is 0 Å². The van der Waals surface area contributed by atoms with Crippen LogP contribution < -0.4 is 20.1 Å². The fourth-order valence-electron chi connectivity index (χ4n) is 2.11. The van der Waals surface area contributed by atoms with Crippen LogP contribution in [0, 0.1) is 5.41 Å². The Morgan fingerprint density at radius 2 is 1.76 bits per heavy atom. The number of carbonyl (C=O) groups is 2. The van der Waals surface area contributed by atoms with Crippen molar-refractivity contribution >= 4 is 11.8 Å². The molecule has 1 atom stereocenters. The topological polar surface area (TPSA) is 76.7 Å². The maximum atomic E-state index is 12.0. The van der Waals surface area contributed by atoms with E-state index < -0.39 is 5.41 Å². The third-order valence-electron chi connectivity index (χ3n) is 3.52. The number of hydrogen-bond donors (Lipinski definition) is 2. The van der Waals surface area contributed by atoms with E-state index >= 15 is 0 Å². The SMILES string of the molecule is COc1cc(C(C)NC(=O)CNC(=O)C(C)(C)C)ccc1OC(C)C. The van der Waals surface area contributed by atoms with E-state index in [1.165, 1.54) is 0 Å². The average Bonchev–Trinajstić information content (AvgIpc) is 2.51. The molecule has 0 aromatic heterocycles. The molecular weight excluding hydrogens is 320 g/mol. The molecule has 6 nitrogen and oxygen atoms in total. The minimum Gasteiger partial charge on any atom is -0.493 e. The van der Waals surface area contributed by atoms with Crippen molar-refractivity contribution in [3.05, 3.63) is 23.8 Å². The van der Waals surface area contributed by atoms with Crippen LogP contribution in [0.2, 0.25) is 0 Å². The molecule has 25 heavy (non-hydrogen) atoms. The van der Waals surface area contributed by atoms with Crippen molar-refractivity contribution in [2.24, 2.45) is 5.41 Å². The molecule has 2 N–H and O–H groups in total. The van der Waals surface area contributed by atoms with Gasteiger partial charge in [-0.2, -0.15) is 0 Å². The van der Waals surface area contributed by atoms with Gasteiger partial charge in [0.1, 0.15) is 0 Å². The van der Waals surface area contributed by atoms with Crippen molar-refractivity contribution in [1.82, 2.24) is 10.6 Å². The highest BCUT2D eigenvalue weighted by atomic mass is 16.5. The lowest BCUT2D eigenvalue weighted by Crippen LogP contribution is -2.42. The molecule has 0 radical (unpaired) electrons. The van der Waals surface area contributed by atoms with Crippen molar-refractivity contribution in [1.29, 1.82) is 0 Å². The Morgan fingerprint density at radius 3 is 2.28 bits per heavy atom. The average molecular weight is 350 g/mol. The Balaban J connectivity index is 2.69. The van der Waals surface area contributed by atoms with Crippen molar-refractivity contribution in [2.45, 2.75) is 53.7 Å². The van der Waals surface area contributed by atoms with E-state index in [0.29, 0.717) is 11.5 Å². The molecule has 0 aliphatic carbocycles. The third kappa shape index (κ3) is 6.64. The first kappa shape index (κ1) is 20.8. The van der Waals surface area contributed by atoms with Crippen LogP contribution in [0.25, 0.3) is 0 Å². The van der Waals surface area contributed by atoms with Gasteiger partial charge in [-0.15, -0.1) is 0 Å². The van der Waals surface area contributed by atoms with Crippen LogP contribution in [-0.4, -0.2) is 31.6 Å². The van der Waals surface area contributed by atoms with Gasteiger partial charge in [0.15, 0.2) is 11.5 Å². The minimum absolute atomic E-state index is 0.0447. The van der Waals surface area contributed by atoms with E-state index in [2.05, 4.69) is 10.6 Å². The van der Waals surface area contributed by atoms with Gasteiger partial charge in [-0.1, -0.05) is 26.8 Å². The minimum atomic E-state index is -0.522. The Bertz CT molecular complexity index is 606. The fourth-order valence-corrected chi connectivity index (χ4v) is 2.11. The summed E-state index contributed by atoms with van der Waals surface area (Å²) in [6.07, 6.45) is 0.0447. The van der Waals surface area contributed by atoms with Gasteiger partial charge in [0.2, 0.25) is 11.8 Å². The second-order valence-corrected chi connectivity index (χ2v) is 7.30. The molecule has 0 fully saturated rings. The summed E-state index contributed by atoms with van der Waals surface area (Å²) in [7, 11) is 1.58. The number of benzene rings is 1. The van der Waals surface area contributed by atoms with Gasteiger partial charge in [-0.25, -0.2) is 0 Å². The van der Waals surface area contributed by atoms with Crippen LogP contribution in [0.15, 0.2) is 18.2 Å². The van der Waals surface area contributed by atoms with E-state index in [4.69, 9.17) is 9.47 Å². The van der Waals surface area contributed by atoms with E-state index in [1.807, 2.05) is 39.0 Å². The molecule has 0 heterocycles. The summed E-state index contributed by atoms with van der Waals surface area (Å²) < 4.78 is 11.1. The van der Waals surface area contributed by atoms with Crippen LogP contribution in [0.1, 0.15) is 53.1 Å². The summed E-state index contributed by atoms with van der Waals surface area (Å²) in [5.41, 5.74) is 0.370. The summed E-state index contributed by atoms with van der Waals surface area (Å²) in [6, 6.07) is 5.34. The molecule has 1 aromatic carbocycles. The molecule has 140 valence electrons. The maximum Gasteiger partial charge on any atom is 0.239 e. The summed E-state index contributed by atoms with van der Waals surface area (Å²) in [6.45, 7) is 11.1. The predicted molar refractivity (Wildman–Crippen MR) is 97.8 cm³/mol. The number of ether oxygens (including phenoxy) is 2. The number of nitrogens with one attached hydrogen (secondary N) is 2. The largest absolute Gasteiger partial charge is 0.493 e. The molecule has 1 rings (SSSR count). The fraction of sp³-hybridized carbons (Fsp3) is 0.579. The number of methoxy groups -OCH3 is 1. The van der Waals surface area contributed by atoms with Crippen LogP contribution in [0.3, 0.4) is 0 Å².